The zero-order valence-electron chi connectivity index (χ0n) is 19.0. The zero-order chi connectivity index (χ0) is 21.7. The summed E-state index contributed by atoms with van der Waals surface area (Å²) in [5.74, 6) is 1.57. The molecular formula is C23H35N3O3. The summed E-state index contributed by atoms with van der Waals surface area (Å²) in [7, 11) is 1.55. The summed E-state index contributed by atoms with van der Waals surface area (Å²) < 4.78 is 5.37. The molecule has 1 aromatic heterocycles. The first kappa shape index (κ1) is 21.6. The predicted molar refractivity (Wildman–Crippen MR) is 113 cm³/mol. The lowest BCUT2D eigenvalue weighted by Crippen LogP contribution is -2.65. The highest BCUT2D eigenvalue weighted by molar-refractivity contribution is 5.95. The second kappa shape index (κ2) is 7.29. The van der Waals surface area contributed by atoms with Crippen molar-refractivity contribution in [1.82, 2.24) is 15.2 Å². The molecule has 2 fully saturated rings. The standard InChI is InChI=1S/C23H35N3O3/c1-13-9-16(29-8)18(24-10-13)19(27)25-21-22(4,5)11-26(12-23(21,6)7)20(28)17-14(2)15(17)3/h9-10,14-15,17,21H,11-12H2,1-8H3,(H,25,27)/t14-,15-/m0/s1. The summed E-state index contributed by atoms with van der Waals surface area (Å²) in [5.41, 5.74) is 0.692. The molecule has 1 aliphatic heterocycles. The molecule has 1 saturated heterocycles. The van der Waals surface area contributed by atoms with Gasteiger partial charge in [-0.05, 0) is 30.4 Å². The second-order valence-electron chi connectivity index (χ2n) is 10.4. The Hall–Kier alpha value is -2.11. The first-order chi connectivity index (χ1) is 13.4. The molecule has 29 heavy (non-hydrogen) atoms. The third-order valence-corrected chi connectivity index (χ3v) is 6.88. The van der Waals surface area contributed by atoms with E-state index >= 15 is 0 Å². The number of hydrogen-bond acceptors (Lipinski definition) is 4. The molecule has 2 heterocycles. The molecule has 2 aliphatic rings. The number of amides is 2. The summed E-state index contributed by atoms with van der Waals surface area (Å²) in [5, 5.41) is 3.21. The van der Waals surface area contributed by atoms with E-state index in [0.717, 1.165) is 5.56 Å². The van der Waals surface area contributed by atoms with Crippen molar-refractivity contribution in [3.05, 3.63) is 23.5 Å². The molecule has 0 radical (unpaired) electrons. The molecule has 2 atom stereocenters. The monoisotopic (exact) mass is 401 g/mol. The minimum atomic E-state index is -0.271. The van der Waals surface area contributed by atoms with Gasteiger partial charge in [0.2, 0.25) is 5.91 Å². The number of carbonyl (C=O) groups is 2. The van der Waals surface area contributed by atoms with Crippen LogP contribution in [0.15, 0.2) is 12.3 Å². The van der Waals surface area contributed by atoms with Crippen LogP contribution in [0.1, 0.15) is 57.6 Å². The molecule has 1 N–H and O–H groups in total. The van der Waals surface area contributed by atoms with Crippen LogP contribution in [0, 0.1) is 35.5 Å². The number of aryl methyl sites for hydroxylation is 1. The molecule has 0 spiro atoms. The van der Waals surface area contributed by atoms with Crippen LogP contribution in [0.2, 0.25) is 0 Å². The van der Waals surface area contributed by atoms with Gasteiger partial charge in [-0.15, -0.1) is 0 Å². The maximum Gasteiger partial charge on any atom is 0.273 e. The SMILES string of the molecule is COc1cc(C)cnc1C(=O)NC1C(C)(C)CN(C(=O)C2[C@@H](C)[C@@H]2C)CC1(C)C. The van der Waals surface area contributed by atoms with E-state index < -0.39 is 0 Å². The van der Waals surface area contributed by atoms with Crippen LogP contribution in [0.3, 0.4) is 0 Å². The molecule has 3 rings (SSSR count). The number of carbonyl (C=O) groups excluding carboxylic acids is 2. The molecule has 2 amide bonds. The largest absolute Gasteiger partial charge is 0.494 e. The zero-order valence-corrected chi connectivity index (χ0v) is 19.0. The minimum Gasteiger partial charge on any atom is -0.494 e. The maximum absolute atomic E-state index is 13.1. The van der Waals surface area contributed by atoms with E-state index in [1.165, 1.54) is 0 Å². The maximum atomic E-state index is 13.1. The molecular weight excluding hydrogens is 366 g/mol. The third-order valence-electron chi connectivity index (χ3n) is 6.88. The van der Waals surface area contributed by atoms with Gasteiger partial charge in [0.25, 0.3) is 5.91 Å². The summed E-state index contributed by atoms with van der Waals surface area (Å²) >= 11 is 0. The molecule has 0 aromatic carbocycles. The number of pyridine rings is 1. The first-order valence-electron chi connectivity index (χ1n) is 10.5. The van der Waals surface area contributed by atoms with Gasteiger partial charge in [-0.1, -0.05) is 41.5 Å². The summed E-state index contributed by atoms with van der Waals surface area (Å²) in [6.07, 6.45) is 1.67. The molecule has 1 aromatic rings. The molecule has 160 valence electrons. The summed E-state index contributed by atoms with van der Waals surface area (Å²) in [6.45, 7) is 16.0. The van der Waals surface area contributed by atoms with Gasteiger partial charge < -0.3 is 15.0 Å². The lowest BCUT2D eigenvalue weighted by Gasteiger charge is -2.53. The van der Waals surface area contributed by atoms with Gasteiger partial charge in [0, 0.05) is 42.1 Å². The number of likely N-dealkylation sites (tertiary alicyclic amines) is 1. The fourth-order valence-corrected chi connectivity index (χ4v) is 5.22. The molecule has 0 bridgehead atoms. The number of nitrogens with zero attached hydrogens (tertiary/aromatic N) is 2. The van der Waals surface area contributed by atoms with Gasteiger partial charge in [-0.25, -0.2) is 4.98 Å². The Kier molecular flexibility index (Phi) is 5.43. The van der Waals surface area contributed by atoms with Gasteiger partial charge in [-0.2, -0.15) is 0 Å². The van der Waals surface area contributed by atoms with Crippen molar-refractivity contribution in [3.63, 3.8) is 0 Å². The lowest BCUT2D eigenvalue weighted by molar-refractivity contribution is -0.141. The third kappa shape index (κ3) is 3.99. The van der Waals surface area contributed by atoms with E-state index in [9.17, 15) is 9.59 Å². The highest BCUT2D eigenvalue weighted by atomic mass is 16.5. The fourth-order valence-electron chi connectivity index (χ4n) is 5.22. The lowest BCUT2D eigenvalue weighted by atomic mass is 9.66. The van der Waals surface area contributed by atoms with Gasteiger partial charge >= 0.3 is 0 Å². The van der Waals surface area contributed by atoms with E-state index in [1.54, 1.807) is 13.3 Å². The number of methoxy groups -OCH3 is 1. The van der Waals surface area contributed by atoms with Crippen LogP contribution in [0.25, 0.3) is 0 Å². The Morgan fingerprint density at radius 1 is 1.14 bits per heavy atom. The molecule has 1 saturated carbocycles. The Bertz CT molecular complexity index is 792. The Morgan fingerprint density at radius 3 is 2.17 bits per heavy atom. The quantitative estimate of drug-likeness (QED) is 0.840. The number of ether oxygens (including phenoxy) is 1. The topological polar surface area (TPSA) is 71.5 Å². The van der Waals surface area contributed by atoms with E-state index in [-0.39, 0.29) is 34.6 Å². The normalized spacial score (nSPS) is 28.0. The summed E-state index contributed by atoms with van der Waals surface area (Å²) in [6, 6.07) is 1.71. The first-order valence-corrected chi connectivity index (χ1v) is 10.5. The van der Waals surface area contributed by atoms with Crippen LogP contribution < -0.4 is 10.1 Å². The molecule has 0 unspecified atom stereocenters. The number of rotatable bonds is 4. The predicted octanol–water partition coefficient (Wildman–Crippen LogP) is 3.29. The fraction of sp³-hybridized carbons (Fsp3) is 0.696. The van der Waals surface area contributed by atoms with Crippen LogP contribution in [0.5, 0.6) is 5.75 Å². The Labute approximate surface area is 174 Å². The van der Waals surface area contributed by atoms with E-state index in [0.29, 0.717) is 36.4 Å². The van der Waals surface area contributed by atoms with Crippen molar-refractivity contribution < 1.29 is 14.3 Å². The van der Waals surface area contributed by atoms with Crippen molar-refractivity contribution in [2.24, 2.45) is 28.6 Å². The number of hydrogen-bond donors (Lipinski definition) is 1. The highest BCUT2D eigenvalue weighted by Crippen LogP contribution is 2.48. The number of nitrogens with one attached hydrogen (secondary N) is 1. The molecule has 6 nitrogen and oxygen atoms in total. The highest BCUT2D eigenvalue weighted by Gasteiger charge is 2.54. The van der Waals surface area contributed by atoms with Crippen molar-refractivity contribution in [3.8, 4) is 5.75 Å². The Morgan fingerprint density at radius 2 is 1.69 bits per heavy atom. The average molecular weight is 402 g/mol. The summed E-state index contributed by atoms with van der Waals surface area (Å²) in [4.78, 5) is 32.4. The Balaban J connectivity index is 1.80. The van der Waals surface area contributed by atoms with Crippen molar-refractivity contribution >= 4 is 11.8 Å². The van der Waals surface area contributed by atoms with E-state index in [1.807, 2.05) is 17.9 Å². The smallest absolute Gasteiger partial charge is 0.273 e. The van der Waals surface area contributed by atoms with Gasteiger partial charge in [0.15, 0.2) is 5.69 Å². The van der Waals surface area contributed by atoms with Gasteiger partial charge in [0.05, 0.1) is 7.11 Å². The van der Waals surface area contributed by atoms with Crippen molar-refractivity contribution in [2.45, 2.75) is 54.5 Å². The van der Waals surface area contributed by atoms with Gasteiger partial charge in [0.1, 0.15) is 5.75 Å². The van der Waals surface area contributed by atoms with Gasteiger partial charge in [-0.3, -0.25) is 9.59 Å². The number of aromatic nitrogens is 1. The molecule has 6 heteroatoms. The number of piperidine rings is 1. The van der Waals surface area contributed by atoms with Crippen LogP contribution in [-0.2, 0) is 4.79 Å². The second-order valence-corrected chi connectivity index (χ2v) is 10.4. The van der Waals surface area contributed by atoms with E-state index in [4.69, 9.17) is 4.74 Å². The average Bonchev–Trinajstić information content (AvgIpc) is 3.22. The van der Waals surface area contributed by atoms with Crippen molar-refractivity contribution in [1.29, 1.82) is 0 Å². The van der Waals surface area contributed by atoms with E-state index in [2.05, 4.69) is 51.8 Å². The van der Waals surface area contributed by atoms with Crippen LogP contribution in [-0.4, -0.2) is 47.9 Å². The van der Waals surface area contributed by atoms with Crippen LogP contribution >= 0.6 is 0 Å². The van der Waals surface area contributed by atoms with Crippen LogP contribution in [0.4, 0.5) is 0 Å². The van der Waals surface area contributed by atoms with Crippen molar-refractivity contribution in [2.75, 3.05) is 20.2 Å². The minimum absolute atomic E-state index is 0.103. The molecule has 1 aliphatic carbocycles.